The van der Waals surface area contributed by atoms with E-state index in [-0.39, 0.29) is 11.9 Å². The lowest BCUT2D eigenvalue weighted by atomic mass is 9.98. The number of pyridine rings is 1. The van der Waals surface area contributed by atoms with Gasteiger partial charge in [-0.1, -0.05) is 18.2 Å². The molecule has 0 radical (unpaired) electrons. The fourth-order valence-corrected chi connectivity index (χ4v) is 1.80. The highest BCUT2D eigenvalue weighted by Crippen LogP contribution is 2.21. The maximum Gasteiger partial charge on any atom is 0.126 e. The van der Waals surface area contributed by atoms with Gasteiger partial charge in [-0.2, -0.15) is 0 Å². The van der Waals surface area contributed by atoms with Gasteiger partial charge in [-0.15, -0.1) is 0 Å². The molecule has 1 aromatic heterocycles. The standard InChI is InChI=1S/C14H15FN2/c1-9-5-12(8-17-7-9)14(16)11-3-4-13(15)10(2)6-11/h3-8,14H,16H2,1-2H3. The van der Waals surface area contributed by atoms with Crippen LogP contribution in [0.5, 0.6) is 0 Å². The fraction of sp³-hybridized carbons (Fsp3) is 0.214. The number of hydrogen-bond acceptors (Lipinski definition) is 2. The average Bonchev–Trinajstić information content (AvgIpc) is 2.32. The van der Waals surface area contributed by atoms with E-state index in [1.165, 1.54) is 6.07 Å². The Morgan fingerprint density at radius 3 is 2.53 bits per heavy atom. The van der Waals surface area contributed by atoms with E-state index in [4.69, 9.17) is 5.73 Å². The van der Waals surface area contributed by atoms with Gasteiger partial charge in [0.25, 0.3) is 0 Å². The molecule has 1 aromatic carbocycles. The van der Waals surface area contributed by atoms with Crippen LogP contribution in [0.4, 0.5) is 4.39 Å². The Hall–Kier alpha value is -1.74. The van der Waals surface area contributed by atoms with Gasteiger partial charge < -0.3 is 5.73 Å². The first-order valence-electron chi connectivity index (χ1n) is 5.51. The molecule has 3 heteroatoms. The Morgan fingerprint density at radius 1 is 1.12 bits per heavy atom. The van der Waals surface area contributed by atoms with Crippen molar-refractivity contribution in [2.45, 2.75) is 19.9 Å². The predicted molar refractivity (Wildman–Crippen MR) is 66.1 cm³/mol. The van der Waals surface area contributed by atoms with Gasteiger partial charge in [-0.25, -0.2) is 4.39 Å². The van der Waals surface area contributed by atoms with E-state index >= 15 is 0 Å². The second kappa shape index (κ2) is 4.63. The summed E-state index contributed by atoms with van der Waals surface area (Å²) in [5.41, 5.74) is 9.66. The highest BCUT2D eigenvalue weighted by Gasteiger charge is 2.10. The van der Waals surface area contributed by atoms with Crippen molar-refractivity contribution in [2.75, 3.05) is 0 Å². The van der Waals surface area contributed by atoms with Crippen LogP contribution in [0.2, 0.25) is 0 Å². The van der Waals surface area contributed by atoms with Crippen molar-refractivity contribution in [3.05, 3.63) is 64.7 Å². The van der Waals surface area contributed by atoms with Gasteiger partial charge in [0.2, 0.25) is 0 Å². The summed E-state index contributed by atoms with van der Waals surface area (Å²) < 4.78 is 13.2. The zero-order chi connectivity index (χ0) is 12.4. The zero-order valence-corrected chi connectivity index (χ0v) is 9.94. The van der Waals surface area contributed by atoms with Gasteiger partial charge in [0.05, 0.1) is 6.04 Å². The number of benzene rings is 1. The summed E-state index contributed by atoms with van der Waals surface area (Å²) >= 11 is 0. The number of nitrogens with two attached hydrogens (primary N) is 1. The first-order valence-corrected chi connectivity index (χ1v) is 5.51. The van der Waals surface area contributed by atoms with E-state index in [0.29, 0.717) is 5.56 Å². The van der Waals surface area contributed by atoms with E-state index < -0.39 is 0 Å². The third kappa shape index (κ3) is 2.50. The molecule has 2 aromatic rings. The molecule has 0 amide bonds. The van der Waals surface area contributed by atoms with E-state index in [1.807, 2.05) is 13.0 Å². The Morgan fingerprint density at radius 2 is 1.88 bits per heavy atom. The summed E-state index contributed by atoms with van der Waals surface area (Å²) in [4.78, 5) is 4.12. The molecule has 1 unspecified atom stereocenters. The second-order valence-electron chi connectivity index (χ2n) is 4.28. The van der Waals surface area contributed by atoms with Crippen LogP contribution in [0, 0.1) is 19.7 Å². The third-order valence-corrected chi connectivity index (χ3v) is 2.80. The van der Waals surface area contributed by atoms with Crippen LogP contribution in [0.25, 0.3) is 0 Å². The molecule has 0 spiro atoms. The SMILES string of the molecule is Cc1cncc(C(N)c2ccc(F)c(C)c2)c1. The van der Waals surface area contributed by atoms with Gasteiger partial charge in [0.15, 0.2) is 0 Å². The lowest BCUT2D eigenvalue weighted by Crippen LogP contribution is -2.12. The van der Waals surface area contributed by atoms with Gasteiger partial charge in [-0.05, 0) is 42.2 Å². The number of halogens is 1. The molecule has 17 heavy (non-hydrogen) atoms. The summed E-state index contributed by atoms with van der Waals surface area (Å²) in [6.07, 6.45) is 3.53. The molecule has 1 atom stereocenters. The Balaban J connectivity index is 2.36. The number of hydrogen-bond donors (Lipinski definition) is 1. The van der Waals surface area contributed by atoms with Crippen molar-refractivity contribution in [1.82, 2.24) is 4.98 Å². The summed E-state index contributed by atoms with van der Waals surface area (Å²) in [5, 5.41) is 0. The number of aromatic nitrogens is 1. The van der Waals surface area contributed by atoms with Crippen LogP contribution in [-0.2, 0) is 0 Å². The second-order valence-corrected chi connectivity index (χ2v) is 4.28. The number of rotatable bonds is 2. The molecule has 0 bridgehead atoms. The molecule has 0 saturated heterocycles. The third-order valence-electron chi connectivity index (χ3n) is 2.80. The number of aryl methyl sites for hydroxylation is 2. The van der Waals surface area contributed by atoms with E-state index in [0.717, 1.165) is 16.7 Å². The molecule has 0 aliphatic carbocycles. The largest absolute Gasteiger partial charge is 0.320 e. The molecule has 2 nitrogen and oxygen atoms in total. The smallest absolute Gasteiger partial charge is 0.126 e. The van der Waals surface area contributed by atoms with Gasteiger partial charge in [0, 0.05) is 12.4 Å². The van der Waals surface area contributed by atoms with Crippen LogP contribution in [0.15, 0.2) is 36.7 Å². The minimum absolute atomic E-state index is 0.205. The zero-order valence-electron chi connectivity index (χ0n) is 9.94. The maximum absolute atomic E-state index is 13.2. The fourth-order valence-electron chi connectivity index (χ4n) is 1.80. The van der Waals surface area contributed by atoms with E-state index in [1.54, 1.807) is 31.5 Å². The molecular weight excluding hydrogens is 215 g/mol. The first kappa shape index (κ1) is 11.7. The molecule has 0 aliphatic heterocycles. The Bertz CT molecular complexity index is 537. The van der Waals surface area contributed by atoms with Crippen LogP contribution in [0.1, 0.15) is 28.3 Å². The molecule has 0 saturated carbocycles. The van der Waals surface area contributed by atoms with Crippen LogP contribution in [0.3, 0.4) is 0 Å². The van der Waals surface area contributed by atoms with Crippen molar-refractivity contribution in [1.29, 1.82) is 0 Å². The van der Waals surface area contributed by atoms with E-state index in [2.05, 4.69) is 4.98 Å². The Kier molecular flexibility index (Phi) is 3.20. The van der Waals surface area contributed by atoms with Crippen molar-refractivity contribution in [3.63, 3.8) is 0 Å². The van der Waals surface area contributed by atoms with Crippen molar-refractivity contribution in [3.8, 4) is 0 Å². The Labute approximate surface area is 100 Å². The van der Waals surface area contributed by atoms with Crippen molar-refractivity contribution in [2.24, 2.45) is 5.73 Å². The molecule has 1 heterocycles. The minimum Gasteiger partial charge on any atom is -0.320 e. The first-order chi connectivity index (χ1) is 8.08. The quantitative estimate of drug-likeness (QED) is 0.861. The summed E-state index contributed by atoms with van der Waals surface area (Å²) in [5.74, 6) is -0.205. The monoisotopic (exact) mass is 230 g/mol. The average molecular weight is 230 g/mol. The highest BCUT2D eigenvalue weighted by atomic mass is 19.1. The predicted octanol–water partition coefficient (Wildman–Crippen LogP) is 2.89. The molecule has 2 N–H and O–H groups in total. The minimum atomic E-state index is -0.262. The lowest BCUT2D eigenvalue weighted by molar-refractivity contribution is 0.617. The van der Waals surface area contributed by atoms with Crippen molar-refractivity contribution >= 4 is 0 Å². The van der Waals surface area contributed by atoms with Crippen molar-refractivity contribution < 1.29 is 4.39 Å². The van der Waals surface area contributed by atoms with Crippen LogP contribution >= 0.6 is 0 Å². The molecule has 0 aliphatic rings. The molecule has 88 valence electrons. The topological polar surface area (TPSA) is 38.9 Å². The summed E-state index contributed by atoms with van der Waals surface area (Å²) in [7, 11) is 0. The number of nitrogens with zero attached hydrogens (tertiary/aromatic N) is 1. The lowest BCUT2D eigenvalue weighted by Gasteiger charge is -2.13. The molecular formula is C14H15FN2. The van der Waals surface area contributed by atoms with Gasteiger partial charge >= 0.3 is 0 Å². The highest BCUT2D eigenvalue weighted by molar-refractivity contribution is 5.34. The van der Waals surface area contributed by atoms with Gasteiger partial charge in [0.1, 0.15) is 5.82 Å². The summed E-state index contributed by atoms with van der Waals surface area (Å²) in [6.45, 7) is 3.71. The van der Waals surface area contributed by atoms with Gasteiger partial charge in [-0.3, -0.25) is 4.98 Å². The molecule has 2 rings (SSSR count). The normalized spacial score (nSPS) is 12.5. The van der Waals surface area contributed by atoms with E-state index in [9.17, 15) is 4.39 Å². The van der Waals surface area contributed by atoms with Crippen LogP contribution < -0.4 is 5.73 Å². The van der Waals surface area contributed by atoms with Crippen LogP contribution in [-0.4, -0.2) is 4.98 Å². The maximum atomic E-state index is 13.2. The summed E-state index contributed by atoms with van der Waals surface area (Å²) in [6, 6.07) is 6.68. The molecule has 0 fully saturated rings.